The SMILES string of the molecule is CCc1ccc(S(=O)(=O)N[C@@H]2c3cc(C(=O)Nc4cccc(OC)c4)ccc3OC(C)(C)[C@H]2O)cc1. The lowest BCUT2D eigenvalue weighted by atomic mass is 9.86. The number of hydrogen-bond donors (Lipinski definition) is 3. The highest BCUT2D eigenvalue weighted by Crippen LogP contribution is 2.41. The lowest BCUT2D eigenvalue weighted by molar-refractivity contribution is -0.0603. The normalized spacial score (nSPS) is 18.6. The molecular weight excluding hydrogens is 480 g/mol. The van der Waals surface area contributed by atoms with Crippen LogP contribution in [0.1, 0.15) is 48.3 Å². The molecule has 1 aliphatic heterocycles. The van der Waals surface area contributed by atoms with Gasteiger partial charge in [-0.05, 0) is 68.3 Å². The van der Waals surface area contributed by atoms with Crippen LogP contribution in [0.3, 0.4) is 0 Å². The third-order valence-electron chi connectivity index (χ3n) is 6.26. The summed E-state index contributed by atoms with van der Waals surface area (Å²) in [5.74, 6) is 0.581. The van der Waals surface area contributed by atoms with E-state index in [1.807, 2.05) is 6.92 Å². The van der Waals surface area contributed by atoms with Crippen LogP contribution in [0.25, 0.3) is 0 Å². The molecule has 1 aliphatic rings. The maximum Gasteiger partial charge on any atom is 0.255 e. The minimum atomic E-state index is -3.98. The van der Waals surface area contributed by atoms with Crippen molar-refractivity contribution in [2.75, 3.05) is 12.4 Å². The first-order chi connectivity index (χ1) is 17.0. The summed E-state index contributed by atoms with van der Waals surface area (Å²) in [6.45, 7) is 5.35. The lowest BCUT2D eigenvalue weighted by Crippen LogP contribution is -2.53. The zero-order valence-electron chi connectivity index (χ0n) is 20.6. The van der Waals surface area contributed by atoms with E-state index in [1.165, 1.54) is 25.3 Å². The van der Waals surface area contributed by atoms with Gasteiger partial charge in [-0.2, -0.15) is 0 Å². The van der Waals surface area contributed by atoms with Gasteiger partial charge in [0.25, 0.3) is 5.91 Å². The fourth-order valence-corrected chi connectivity index (χ4v) is 5.33. The summed E-state index contributed by atoms with van der Waals surface area (Å²) in [4.78, 5) is 13.1. The smallest absolute Gasteiger partial charge is 0.255 e. The van der Waals surface area contributed by atoms with Gasteiger partial charge in [0.2, 0.25) is 10.0 Å². The standard InChI is InChI=1S/C27H30N2O6S/c1-5-17-9-12-21(13-10-17)36(32,33)29-24-22-15-18(11-14-23(22)35-27(2,3)25(24)30)26(31)28-19-7-6-8-20(16-19)34-4/h6-16,24-25,29-30H,5H2,1-4H3,(H,28,31)/t24-,25+/m1/s1. The summed E-state index contributed by atoms with van der Waals surface area (Å²) in [7, 11) is -2.44. The highest BCUT2D eigenvalue weighted by atomic mass is 32.2. The van der Waals surface area contributed by atoms with Gasteiger partial charge < -0.3 is 19.9 Å². The van der Waals surface area contributed by atoms with E-state index in [1.54, 1.807) is 62.4 Å². The molecule has 0 spiro atoms. The topological polar surface area (TPSA) is 114 Å². The number of aliphatic hydroxyl groups excluding tert-OH is 1. The number of aryl methyl sites for hydroxylation is 1. The number of benzene rings is 3. The first kappa shape index (κ1) is 25.7. The fourth-order valence-electron chi connectivity index (χ4n) is 4.11. The van der Waals surface area contributed by atoms with Gasteiger partial charge in [-0.3, -0.25) is 4.79 Å². The molecule has 8 nitrogen and oxygen atoms in total. The fraction of sp³-hybridized carbons (Fsp3) is 0.296. The predicted octanol–water partition coefficient (Wildman–Crippen LogP) is 4.06. The number of carbonyl (C=O) groups is 1. The monoisotopic (exact) mass is 510 g/mol. The van der Waals surface area contributed by atoms with E-state index in [9.17, 15) is 18.3 Å². The zero-order valence-corrected chi connectivity index (χ0v) is 21.4. The molecule has 0 unspecified atom stereocenters. The number of hydrogen-bond acceptors (Lipinski definition) is 6. The Morgan fingerprint density at radius 1 is 1.08 bits per heavy atom. The minimum absolute atomic E-state index is 0.0877. The van der Waals surface area contributed by atoms with Gasteiger partial charge in [0.15, 0.2) is 0 Å². The van der Waals surface area contributed by atoms with Crippen molar-refractivity contribution >= 4 is 21.6 Å². The number of nitrogens with one attached hydrogen (secondary N) is 2. The average molecular weight is 511 g/mol. The molecule has 4 rings (SSSR count). The van der Waals surface area contributed by atoms with Crippen LogP contribution in [0.4, 0.5) is 5.69 Å². The highest BCUT2D eigenvalue weighted by Gasteiger charge is 2.44. The molecule has 2 atom stereocenters. The molecule has 9 heteroatoms. The van der Waals surface area contributed by atoms with Crippen molar-refractivity contribution in [2.24, 2.45) is 0 Å². The number of carbonyl (C=O) groups excluding carboxylic acids is 1. The summed E-state index contributed by atoms with van der Waals surface area (Å²) in [5, 5.41) is 13.9. The first-order valence-corrected chi connectivity index (χ1v) is 13.1. The molecule has 0 saturated carbocycles. The Morgan fingerprint density at radius 3 is 2.47 bits per heavy atom. The van der Waals surface area contributed by atoms with E-state index in [2.05, 4.69) is 10.0 Å². The Morgan fingerprint density at radius 2 is 1.81 bits per heavy atom. The molecule has 0 aliphatic carbocycles. The van der Waals surface area contributed by atoms with Gasteiger partial charge in [-0.1, -0.05) is 25.1 Å². The maximum atomic E-state index is 13.2. The van der Waals surface area contributed by atoms with Crippen LogP contribution in [0.2, 0.25) is 0 Å². The van der Waals surface area contributed by atoms with Crippen LogP contribution in [0.5, 0.6) is 11.5 Å². The van der Waals surface area contributed by atoms with Crippen molar-refractivity contribution in [1.82, 2.24) is 4.72 Å². The van der Waals surface area contributed by atoms with E-state index in [0.717, 1.165) is 12.0 Å². The minimum Gasteiger partial charge on any atom is -0.497 e. The summed E-state index contributed by atoms with van der Waals surface area (Å²) in [6, 6.07) is 17.2. The number of methoxy groups -OCH3 is 1. The molecule has 3 aromatic carbocycles. The van der Waals surface area contributed by atoms with Crippen LogP contribution in [-0.2, 0) is 16.4 Å². The largest absolute Gasteiger partial charge is 0.497 e. The second kappa shape index (κ2) is 9.93. The molecule has 0 radical (unpaired) electrons. The number of amides is 1. The third kappa shape index (κ3) is 5.23. The van der Waals surface area contributed by atoms with E-state index in [-0.39, 0.29) is 10.5 Å². The van der Waals surface area contributed by atoms with Crippen molar-refractivity contribution in [2.45, 2.75) is 49.8 Å². The Balaban J connectivity index is 1.67. The highest BCUT2D eigenvalue weighted by molar-refractivity contribution is 7.89. The van der Waals surface area contributed by atoms with Crippen molar-refractivity contribution in [3.63, 3.8) is 0 Å². The number of aliphatic hydroxyl groups is 1. The van der Waals surface area contributed by atoms with Crippen LogP contribution in [0.15, 0.2) is 71.6 Å². The Bertz CT molecular complexity index is 1370. The van der Waals surface area contributed by atoms with Crippen LogP contribution in [0, 0.1) is 0 Å². The quantitative estimate of drug-likeness (QED) is 0.442. The Kier molecular flexibility index (Phi) is 7.08. The number of anilines is 1. The molecule has 0 aromatic heterocycles. The molecule has 190 valence electrons. The van der Waals surface area contributed by atoms with Crippen LogP contribution < -0.4 is 19.5 Å². The summed E-state index contributed by atoms with van der Waals surface area (Å²) < 4.78 is 40.3. The van der Waals surface area contributed by atoms with Crippen LogP contribution in [-0.4, -0.2) is 38.2 Å². The van der Waals surface area contributed by atoms with Crippen molar-refractivity contribution in [3.05, 3.63) is 83.4 Å². The molecule has 1 heterocycles. The van der Waals surface area contributed by atoms with Gasteiger partial charge in [0, 0.05) is 22.9 Å². The number of ether oxygens (including phenoxy) is 2. The predicted molar refractivity (Wildman–Crippen MR) is 137 cm³/mol. The van der Waals surface area contributed by atoms with E-state index in [0.29, 0.717) is 22.7 Å². The van der Waals surface area contributed by atoms with E-state index in [4.69, 9.17) is 9.47 Å². The number of sulfonamides is 1. The molecule has 36 heavy (non-hydrogen) atoms. The maximum absolute atomic E-state index is 13.2. The molecular formula is C27H30N2O6S. The summed E-state index contributed by atoms with van der Waals surface area (Å²) in [5.41, 5.74) is 1.13. The second-order valence-corrected chi connectivity index (χ2v) is 10.9. The average Bonchev–Trinajstić information content (AvgIpc) is 2.86. The van der Waals surface area contributed by atoms with Gasteiger partial charge >= 0.3 is 0 Å². The number of rotatable bonds is 7. The number of fused-ring (bicyclic) bond motifs is 1. The molecule has 3 aromatic rings. The van der Waals surface area contributed by atoms with Gasteiger partial charge in [-0.15, -0.1) is 0 Å². The van der Waals surface area contributed by atoms with Crippen molar-refractivity contribution in [1.29, 1.82) is 0 Å². The Hall–Kier alpha value is -3.40. The van der Waals surface area contributed by atoms with Gasteiger partial charge in [-0.25, -0.2) is 13.1 Å². The van der Waals surface area contributed by atoms with E-state index < -0.39 is 33.7 Å². The molecule has 0 fully saturated rings. The molecule has 0 bridgehead atoms. The first-order valence-electron chi connectivity index (χ1n) is 11.6. The van der Waals surface area contributed by atoms with Gasteiger partial charge in [0.1, 0.15) is 23.2 Å². The van der Waals surface area contributed by atoms with Crippen molar-refractivity contribution in [3.8, 4) is 11.5 Å². The zero-order chi connectivity index (χ0) is 26.1. The Labute approximate surface area is 211 Å². The molecule has 1 amide bonds. The van der Waals surface area contributed by atoms with Crippen molar-refractivity contribution < 1.29 is 27.8 Å². The van der Waals surface area contributed by atoms with Crippen LogP contribution >= 0.6 is 0 Å². The second-order valence-electron chi connectivity index (χ2n) is 9.19. The third-order valence-corrected chi connectivity index (χ3v) is 7.72. The molecule has 0 saturated heterocycles. The summed E-state index contributed by atoms with van der Waals surface area (Å²) in [6.07, 6.45) is -0.430. The molecule has 3 N–H and O–H groups in total. The lowest BCUT2D eigenvalue weighted by Gasteiger charge is -2.42. The summed E-state index contributed by atoms with van der Waals surface area (Å²) >= 11 is 0. The van der Waals surface area contributed by atoms with Gasteiger partial charge in [0.05, 0.1) is 18.0 Å². The van der Waals surface area contributed by atoms with E-state index >= 15 is 0 Å².